The van der Waals surface area contributed by atoms with E-state index in [1.54, 1.807) is 12.1 Å². The van der Waals surface area contributed by atoms with E-state index < -0.39 is 0 Å². The molecule has 0 aliphatic heterocycles. The Hall–Kier alpha value is -1.22. The summed E-state index contributed by atoms with van der Waals surface area (Å²) in [6, 6.07) is 7.14. The zero-order valence-corrected chi connectivity index (χ0v) is 12.2. The third kappa shape index (κ3) is 7.06. The molecule has 1 N–H and O–H groups in total. The summed E-state index contributed by atoms with van der Waals surface area (Å²) in [5.41, 5.74) is 0. The van der Waals surface area contributed by atoms with Crippen molar-refractivity contribution in [3.05, 3.63) is 29.3 Å². The number of halogens is 1. The van der Waals surface area contributed by atoms with Gasteiger partial charge in [-0.1, -0.05) is 56.3 Å². The molecule has 0 fully saturated rings. The summed E-state index contributed by atoms with van der Waals surface area (Å²) in [6.45, 7) is 2.92. The fourth-order valence-corrected chi connectivity index (χ4v) is 1.90. The van der Waals surface area contributed by atoms with Crippen LogP contribution in [-0.4, -0.2) is 19.1 Å². The molecule has 0 atom stereocenters. The molecule has 0 aromatic heterocycles. The molecule has 0 saturated heterocycles. The molecule has 0 radical (unpaired) electrons. The Labute approximate surface area is 120 Å². The maximum atomic E-state index is 11.5. The molecule has 1 aromatic rings. The molecule has 1 rings (SSSR count). The first-order valence-electron chi connectivity index (χ1n) is 6.88. The van der Waals surface area contributed by atoms with E-state index in [1.165, 1.54) is 25.7 Å². The average Bonchev–Trinajstić information content (AvgIpc) is 2.42. The average molecular weight is 284 g/mol. The van der Waals surface area contributed by atoms with Crippen LogP contribution in [0.3, 0.4) is 0 Å². The van der Waals surface area contributed by atoms with Crippen LogP contribution in [0.5, 0.6) is 5.75 Å². The largest absolute Gasteiger partial charge is 0.482 e. The Morgan fingerprint density at radius 3 is 2.68 bits per heavy atom. The molecular weight excluding hydrogens is 262 g/mol. The minimum Gasteiger partial charge on any atom is -0.482 e. The smallest absolute Gasteiger partial charge is 0.257 e. The molecule has 0 saturated carbocycles. The van der Waals surface area contributed by atoms with Gasteiger partial charge < -0.3 is 10.1 Å². The number of carbonyl (C=O) groups is 1. The maximum Gasteiger partial charge on any atom is 0.257 e. The lowest BCUT2D eigenvalue weighted by atomic mass is 10.1. The summed E-state index contributed by atoms with van der Waals surface area (Å²) in [5, 5.41) is 3.37. The van der Waals surface area contributed by atoms with Gasteiger partial charge in [-0.05, 0) is 18.6 Å². The summed E-state index contributed by atoms with van der Waals surface area (Å²) in [5.74, 6) is 0.442. The van der Waals surface area contributed by atoms with Gasteiger partial charge in [0.15, 0.2) is 6.61 Å². The van der Waals surface area contributed by atoms with E-state index in [0.29, 0.717) is 17.3 Å². The fraction of sp³-hybridized carbons (Fsp3) is 0.533. The number of rotatable bonds is 9. The Balaban J connectivity index is 2.10. The van der Waals surface area contributed by atoms with Crippen molar-refractivity contribution >= 4 is 17.5 Å². The van der Waals surface area contributed by atoms with E-state index in [-0.39, 0.29) is 12.5 Å². The second-order valence-corrected chi connectivity index (χ2v) is 4.89. The third-order valence-corrected chi connectivity index (χ3v) is 3.11. The summed E-state index contributed by atoms with van der Waals surface area (Å²) < 4.78 is 5.35. The van der Waals surface area contributed by atoms with E-state index in [2.05, 4.69) is 12.2 Å². The fourth-order valence-electron chi connectivity index (χ4n) is 1.71. The number of ether oxygens (including phenoxy) is 1. The minimum atomic E-state index is -0.101. The highest BCUT2D eigenvalue weighted by molar-refractivity contribution is 6.32. The van der Waals surface area contributed by atoms with Crippen LogP contribution in [0.15, 0.2) is 24.3 Å². The molecular formula is C15H22ClNO2. The van der Waals surface area contributed by atoms with E-state index in [0.717, 1.165) is 6.42 Å². The van der Waals surface area contributed by atoms with Crippen LogP contribution in [0.1, 0.15) is 39.0 Å². The molecule has 0 bridgehead atoms. The summed E-state index contributed by atoms with van der Waals surface area (Å²) in [7, 11) is 0. The van der Waals surface area contributed by atoms with Crippen LogP contribution < -0.4 is 10.1 Å². The van der Waals surface area contributed by atoms with E-state index >= 15 is 0 Å². The van der Waals surface area contributed by atoms with E-state index in [9.17, 15) is 4.79 Å². The lowest BCUT2D eigenvalue weighted by molar-refractivity contribution is -0.123. The highest BCUT2D eigenvalue weighted by atomic mass is 35.5. The summed E-state index contributed by atoms with van der Waals surface area (Å²) >= 11 is 5.93. The van der Waals surface area contributed by atoms with Gasteiger partial charge in [0.05, 0.1) is 5.02 Å². The lowest BCUT2D eigenvalue weighted by Crippen LogP contribution is -2.29. The molecule has 0 unspecified atom stereocenters. The Kier molecular flexibility index (Phi) is 8.07. The highest BCUT2D eigenvalue weighted by Crippen LogP contribution is 2.22. The van der Waals surface area contributed by atoms with Crippen molar-refractivity contribution in [2.24, 2.45) is 0 Å². The van der Waals surface area contributed by atoms with Crippen molar-refractivity contribution in [3.63, 3.8) is 0 Å². The Bertz CT molecular complexity index is 382. The number of para-hydroxylation sites is 1. The van der Waals surface area contributed by atoms with E-state index in [1.807, 2.05) is 12.1 Å². The predicted octanol–water partition coefficient (Wildman–Crippen LogP) is 3.81. The first kappa shape index (κ1) is 15.8. The van der Waals surface area contributed by atoms with Gasteiger partial charge in [-0.2, -0.15) is 0 Å². The van der Waals surface area contributed by atoms with Crippen molar-refractivity contribution < 1.29 is 9.53 Å². The zero-order chi connectivity index (χ0) is 13.9. The number of nitrogens with one attached hydrogen (secondary N) is 1. The van der Waals surface area contributed by atoms with Gasteiger partial charge in [0.1, 0.15) is 5.75 Å². The topological polar surface area (TPSA) is 38.3 Å². The highest BCUT2D eigenvalue weighted by Gasteiger charge is 2.04. The number of benzene rings is 1. The quantitative estimate of drug-likeness (QED) is 0.700. The van der Waals surface area contributed by atoms with Crippen molar-refractivity contribution in [2.45, 2.75) is 39.0 Å². The second kappa shape index (κ2) is 9.68. The van der Waals surface area contributed by atoms with Crippen LogP contribution in [0.25, 0.3) is 0 Å². The number of amides is 1. The van der Waals surface area contributed by atoms with Crippen molar-refractivity contribution in [3.8, 4) is 5.75 Å². The summed E-state index contributed by atoms with van der Waals surface area (Å²) in [4.78, 5) is 11.5. The normalized spacial score (nSPS) is 10.2. The van der Waals surface area contributed by atoms with Gasteiger partial charge in [0.2, 0.25) is 0 Å². The number of hydrogen-bond acceptors (Lipinski definition) is 2. The van der Waals surface area contributed by atoms with Crippen molar-refractivity contribution in [2.75, 3.05) is 13.2 Å². The van der Waals surface area contributed by atoms with Gasteiger partial charge >= 0.3 is 0 Å². The first-order valence-corrected chi connectivity index (χ1v) is 7.26. The standard InChI is InChI=1S/C15H22ClNO2/c1-2-3-4-5-8-11-17-15(18)12-19-14-10-7-6-9-13(14)16/h6-7,9-10H,2-5,8,11-12H2,1H3,(H,17,18). The van der Waals surface area contributed by atoms with Crippen LogP contribution in [0, 0.1) is 0 Å². The van der Waals surface area contributed by atoms with Gasteiger partial charge in [-0.15, -0.1) is 0 Å². The van der Waals surface area contributed by atoms with Gasteiger partial charge in [0, 0.05) is 6.54 Å². The van der Waals surface area contributed by atoms with Gasteiger partial charge in [-0.25, -0.2) is 0 Å². The number of unbranched alkanes of at least 4 members (excludes halogenated alkanes) is 4. The van der Waals surface area contributed by atoms with Crippen LogP contribution in [0.2, 0.25) is 5.02 Å². The summed E-state index contributed by atoms with van der Waals surface area (Å²) in [6.07, 6.45) is 5.93. The predicted molar refractivity (Wildman–Crippen MR) is 78.7 cm³/mol. The Morgan fingerprint density at radius 1 is 1.21 bits per heavy atom. The molecule has 4 heteroatoms. The molecule has 0 spiro atoms. The van der Waals surface area contributed by atoms with Gasteiger partial charge in [0.25, 0.3) is 5.91 Å². The maximum absolute atomic E-state index is 11.5. The molecule has 3 nitrogen and oxygen atoms in total. The monoisotopic (exact) mass is 283 g/mol. The molecule has 0 aliphatic carbocycles. The van der Waals surface area contributed by atoms with Crippen molar-refractivity contribution in [1.82, 2.24) is 5.32 Å². The number of carbonyl (C=O) groups excluding carboxylic acids is 1. The molecule has 1 amide bonds. The van der Waals surface area contributed by atoms with Crippen molar-refractivity contribution in [1.29, 1.82) is 0 Å². The van der Waals surface area contributed by atoms with Crippen LogP contribution >= 0.6 is 11.6 Å². The molecule has 106 valence electrons. The SMILES string of the molecule is CCCCCCCNC(=O)COc1ccccc1Cl. The molecule has 0 aliphatic rings. The number of hydrogen-bond donors (Lipinski definition) is 1. The Morgan fingerprint density at radius 2 is 1.95 bits per heavy atom. The molecule has 0 heterocycles. The first-order chi connectivity index (χ1) is 9.24. The molecule has 19 heavy (non-hydrogen) atoms. The minimum absolute atomic E-state index is 0.0126. The third-order valence-electron chi connectivity index (χ3n) is 2.80. The lowest BCUT2D eigenvalue weighted by Gasteiger charge is -2.08. The van der Waals surface area contributed by atoms with Gasteiger partial charge in [-0.3, -0.25) is 4.79 Å². The second-order valence-electron chi connectivity index (χ2n) is 4.48. The molecule has 1 aromatic carbocycles. The van der Waals surface area contributed by atoms with Crippen LogP contribution in [0.4, 0.5) is 0 Å². The zero-order valence-electron chi connectivity index (χ0n) is 11.5. The van der Waals surface area contributed by atoms with Crippen LogP contribution in [-0.2, 0) is 4.79 Å². The van der Waals surface area contributed by atoms with E-state index in [4.69, 9.17) is 16.3 Å².